The summed E-state index contributed by atoms with van der Waals surface area (Å²) in [7, 11) is 0. The van der Waals surface area contributed by atoms with Gasteiger partial charge in [0.2, 0.25) is 0 Å². The zero-order chi connectivity index (χ0) is 11.4. The summed E-state index contributed by atoms with van der Waals surface area (Å²) in [4.78, 5) is 0. The first-order valence-corrected chi connectivity index (χ1v) is 5.86. The highest BCUT2D eigenvalue weighted by Gasteiger charge is 2.14. The van der Waals surface area contributed by atoms with Crippen LogP contribution < -0.4 is 5.32 Å². The number of phenolic OH excluding ortho intramolecular Hbond substituents is 1. The normalized spacial score (nSPS) is 20.2. The van der Waals surface area contributed by atoms with Crippen LogP contribution in [0.4, 0.5) is 0 Å². The minimum absolute atomic E-state index is 0.354. The maximum Gasteiger partial charge on any atom is 0.120 e. The number of benzene rings is 1. The molecule has 0 bridgehead atoms. The third kappa shape index (κ3) is 2.97. The van der Waals surface area contributed by atoms with Gasteiger partial charge in [0.15, 0.2) is 0 Å². The number of rotatable bonds is 4. The number of phenols is 1. The van der Waals surface area contributed by atoms with Gasteiger partial charge in [0, 0.05) is 25.3 Å². The Morgan fingerprint density at radius 3 is 3.12 bits per heavy atom. The summed E-state index contributed by atoms with van der Waals surface area (Å²) in [6, 6.07) is 5.68. The lowest BCUT2D eigenvalue weighted by molar-refractivity contribution is 0.110. The molecule has 0 amide bonds. The molecule has 0 spiro atoms. The monoisotopic (exact) mass is 221 g/mol. The van der Waals surface area contributed by atoms with E-state index in [0.29, 0.717) is 18.4 Å². The van der Waals surface area contributed by atoms with Gasteiger partial charge in [-0.1, -0.05) is 17.7 Å². The zero-order valence-corrected chi connectivity index (χ0v) is 9.70. The van der Waals surface area contributed by atoms with Crippen molar-refractivity contribution in [2.24, 2.45) is 0 Å². The van der Waals surface area contributed by atoms with Gasteiger partial charge in [0.05, 0.1) is 6.10 Å². The Hall–Kier alpha value is -1.06. The summed E-state index contributed by atoms with van der Waals surface area (Å²) in [5, 5.41) is 13.0. The molecule has 1 atom stereocenters. The van der Waals surface area contributed by atoms with Crippen molar-refractivity contribution in [3.05, 3.63) is 29.3 Å². The van der Waals surface area contributed by atoms with Gasteiger partial charge in [-0.15, -0.1) is 0 Å². The van der Waals surface area contributed by atoms with E-state index in [1.54, 1.807) is 6.07 Å². The largest absolute Gasteiger partial charge is 0.508 e. The van der Waals surface area contributed by atoms with Crippen LogP contribution in [0, 0.1) is 6.92 Å². The summed E-state index contributed by atoms with van der Waals surface area (Å²) in [5.41, 5.74) is 2.13. The van der Waals surface area contributed by atoms with Crippen LogP contribution in [0.5, 0.6) is 5.75 Å². The lowest BCUT2D eigenvalue weighted by Gasteiger charge is -2.11. The Bertz CT molecular complexity index is 346. The van der Waals surface area contributed by atoms with Crippen molar-refractivity contribution >= 4 is 0 Å². The molecule has 1 aromatic carbocycles. The molecular formula is C13H19NO2. The highest BCUT2D eigenvalue weighted by molar-refractivity contribution is 5.35. The molecular weight excluding hydrogens is 202 g/mol. The Labute approximate surface area is 96.4 Å². The van der Waals surface area contributed by atoms with Crippen molar-refractivity contribution < 1.29 is 9.84 Å². The summed E-state index contributed by atoms with van der Waals surface area (Å²) < 4.78 is 5.52. The second-order valence-corrected chi connectivity index (χ2v) is 4.40. The van der Waals surface area contributed by atoms with E-state index in [9.17, 15) is 5.11 Å². The van der Waals surface area contributed by atoms with Crippen molar-refractivity contribution in [1.29, 1.82) is 0 Å². The fourth-order valence-corrected chi connectivity index (χ4v) is 2.03. The quantitative estimate of drug-likeness (QED) is 0.816. The molecule has 0 saturated carbocycles. The van der Waals surface area contributed by atoms with Crippen molar-refractivity contribution in [3.63, 3.8) is 0 Å². The molecule has 3 heteroatoms. The molecule has 0 aromatic heterocycles. The van der Waals surface area contributed by atoms with Gasteiger partial charge in [-0.25, -0.2) is 0 Å². The third-order valence-electron chi connectivity index (χ3n) is 2.95. The molecule has 2 N–H and O–H groups in total. The van der Waals surface area contributed by atoms with Gasteiger partial charge in [-0.2, -0.15) is 0 Å². The lowest BCUT2D eigenvalue weighted by Crippen LogP contribution is -2.25. The fraction of sp³-hybridized carbons (Fsp3) is 0.538. The van der Waals surface area contributed by atoms with Crippen LogP contribution in [0.25, 0.3) is 0 Å². The minimum Gasteiger partial charge on any atom is -0.508 e. The molecule has 88 valence electrons. The van der Waals surface area contributed by atoms with Gasteiger partial charge in [0.1, 0.15) is 5.75 Å². The van der Waals surface area contributed by atoms with Crippen LogP contribution >= 0.6 is 0 Å². The minimum atomic E-state index is 0.354. The molecule has 1 aromatic rings. The Morgan fingerprint density at radius 2 is 2.38 bits per heavy atom. The maximum absolute atomic E-state index is 9.66. The van der Waals surface area contributed by atoms with E-state index in [4.69, 9.17) is 4.74 Å². The molecule has 1 aliphatic rings. The third-order valence-corrected chi connectivity index (χ3v) is 2.95. The molecule has 1 fully saturated rings. The van der Waals surface area contributed by atoms with Crippen LogP contribution in [0.3, 0.4) is 0 Å². The lowest BCUT2D eigenvalue weighted by atomic mass is 10.1. The predicted molar refractivity (Wildman–Crippen MR) is 63.5 cm³/mol. The molecule has 2 rings (SSSR count). The van der Waals surface area contributed by atoms with Gasteiger partial charge >= 0.3 is 0 Å². The summed E-state index contributed by atoms with van der Waals surface area (Å²) in [6.07, 6.45) is 2.67. The van der Waals surface area contributed by atoms with E-state index < -0.39 is 0 Å². The van der Waals surface area contributed by atoms with Gasteiger partial charge < -0.3 is 15.2 Å². The summed E-state index contributed by atoms with van der Waals surface area (Å²) in [6.45, 7) is 4.49. The van der Waals surface area contributed by atoms with E-state index in [1.807, 2.05) is 19.1 Å². The SMILES string of the molecule is Cc1ccc(O)c(CNCC2CCCO2)c1. The summed E-state index contributed by atoms with van der Waals surface area (Å²) >= 11 is 0. The Balaban J connectivity index is 1.82. The van der Waals surface area contributed by atoms with E-state index in [2.05, 4.69) is 5.32 Å². The van der Waals surface area contributed by atoms with Crippen LogP contribution in [-0.4, -0.2) is 24.4 Å². The number of aromatic hydroxyl groups is 1. The number of nitrogens with one attached hydrogen (secondary N) is 1. The maximum atomic E-state index is 9.66. The standard InChI is InChI=1S/C13H19NO2/c1-10-4-5-13(15)11(7-10)8-14-9-12-3-2-6-16-12/h4-5,7,12,14-15H,2-3,6,8-9H2,1H3. The van der Waals surface area contributed by atoms with Crippen molar-refractivity contribution in [2.45, 2.75) is 32.4 Å². The molecule has 16 heavy (non-hydrogen) atoms. The second kappa shape index (κ2) is 5.32. The molecule has 0 aliphatic carbocycles. The first-order chi connectivity index (χ1) is 7.75. The van der Waals surface area contributed by atoms with Crippen molar-refractivity contribution in [3.8, 4) is 5.75 Å². The molecule has 3 nitrogen and oxygen atoms in total. The van der Waals surface area contributed by atoms with Crippen molar-refractivity contribution in [1.82, 2.24) is 5.32 Å². The highest BCUT2D eigenvalue weighted by atomic mass is 16.5. The average Bonchev–Trinajstić information content (AvgIpc) is 2.76. The molecule has 1 heterocycles. The number of aryl methyl sites for hydroxylation is 1. The van der Waals surface area contributed by atoms with Gasteiger partial charge in [-0.3, -0.25) is 0 Å². The van der Waals surface area contributed by atoms with E-state index in [0.717, 1.165) is 25.1 Å². The smallest absolute Gasteiger partial charge is 0.120 e. The van der Waals surface area contributed by atoms with Crippen LogP contribution in [-0.2, 0) is 11.3 Å². The molecule has 0 radical (unpaired) electrons. The van der Waals surface area contributed by atoms with Crippen LogP contribution in [0.2, 0.25) is 0 Å². The number of hydrogen-bond donors (Lipinski definition) is 2. The van der Waals surface area contributed by atoms with Gasteiger partial charge in [0.25, 0.3) is 0 Å². The average molecular weight is 221 g/mol. The van der Waals surface area contributed by atoms with Crippen molar-refractivity contribution in [2.75, 3.05) is 13.2 Å². The van der Waals surface area contributed by atoms with E-state index >= 15 is 0 Å². The Morgan fingerprint density at radius 1 is 1.50 bits per heavy atom. The van der Waals surface area contributed by atoms with Crippen LogP contribution in [0.1, 0.15) is 24.0 Å². The highest BCUT2D eigenvalue weighted by Crippen LogP contribution is 2.18. The van der Waals surface area contributed by atoms with E-state index in [-0.39, 0.29) is 0 Å². The number of hydrogen-bond acceptors (Lipinski definition) is 3. The molecule has 1 aliphatic heterocycles. The first kappa shape index (κ1) is 11.4. The van der Waals surface area contributed by atoms with Gasteiger partial charge in [-0.05, 0) is 25.8 Å². The molecule has 1 saturated heterocycles. The fourth-order valence-electron chi connectivity index (χ4n) is 2.03. The molecule has 1 unspecified atom stereocenters. The second-order valence-electron chi connectivity index (χ2n) is 4.40. The predicted octanol–water partition coefficient (Wildman–Crippen LogP) is 1.97. The van der Waals surface area contributed by atoms with E-state index in [1.165, 1.54) is 12.0 Å². The summed E-state index contributed by atoms with van der Waals surface area (Å²) in [5.74, 6) is 0.366. The first-order valence-electron chi connectivity index (χ1n) is 5.86. The number of ether oxygens (including phenoxy) is 1. The topological polar surface area (TPSA) is 41.5 Å². The van der Waals surface area contributed by atoms with Crippen LogP contribution in [0.15, 0.2) is 18.2 Å². The zero-order valence-electron chi connectivity index (χ0n) is 9.70. The Kier molecular flexibility index (Phi) is 3.80.